The second-order valence-corrected chi connectivity index (χ2v) is 5.73. The summed E-state index contributed by atoms with van der Waals surface area (Å²) in [5.74, 6) is -1.47. The van der Waals surface area contributed by atoms with Gasteiger partial charge in [-0.25, -0.2) is 4.79 Å². The molecule has 0 aromatic heterocycles. The zero-order valence-electron chi connectivity index (χ0n) is 12.5. The van der Waals surface area contributed by atoms with Gasteiger partial charge in [0.1, 0.15) is 0 Å². The summed E-state index contributed by atoms with van der Waals surface area (Å²) in [5.41, 5.74) is 5.14. The van der Waals surface area contributed by atoms with Gasteiger partial charge < -0.3 is 10.6 Å². The summed E-state index contributed by atoms with van der Waals surface area (Å²) in [5, 5.41) is 0.585. The molecule has 0 bridgehead atoms. The number of allylic oxidation sites excluding steroid dienone is 3. The Hall–Kier alpha value is -2.11. The molecule has 0 aromatic rings. The van der Waals surface area contributed by atoms with Crippen molar-refractivity contribution >= 4 is 17.8 Å². The molecule has 0 atom stereocenters. The van der Waals surface area contributed by atoms with Crippen molar-refractivity contribution in [3.05, 3.63) is 24.4 Å². The number of rotatable bonds is 7. The van der Waals surface area contributed by atoms with Gasteiger partial charge in [-0.2, -0.15) is 0 Å². The summed E-state index contributed by atoms with van der Waals surface area (Å²) in [7, 11) is 0. The number of carbonyl (C=O) groups excluding carboxylic acids is 3. The van der Waals surface area contributed by atoms with E-state index in [1.165, 1.54) is 6.20 Å². The normalized spacial score (nSPS) is 16.4. The molecule has 1 aliphatic rings. The van der Waals surface area contributed by atoms with Gasteiger partial charge >= 0.3 is 5.97 Å². The Morgan fingerprint density at radius 3 is 2.48 bits per heavy atom. The Morgan fingerprint density at radius 1 is 1.29 bits per heavy atom. The minimum absolute atomic E-state index is 0.0863. The van der Waals surface area contributed by atoms with E-state index >= 15 is 0 Å². The monoisotopic (exact) mass is 294 g/mol. The lowest BCUT2D eigenvalue weighted by Crippen LogP contribution is -2.32. The molecule has 6 heteroatoms. The van der Waals surface area contributed by atoms with Crippen molar-refractivity contribution in [3.63, 3.8) is 0 Å². The largest absolute Gasteiger partial charge is 0.405 e. The second kappa shape index (κ2) is 7.61. The van der Waals surface area contributed by atoms with Gasteiger partial charge in [0, 0.05) is 19.3 Å². The molecule has 1 heterocycles. The molecular weight excluding hydrogens is 272 g/mol. The minimum atomic E-state index is -0.558. The number of hydrogen-bond acceptors (Lipinski definition) is 5. The van der Waals surface area contributed by atoms with Crippen molar-refractivity contribution in [3.8, 4) is 0 Å². The van der Waals surface area contributed by atoms with Crippen LogP contribution in [0.1, 0.15) is 46.0 Å². The van der Waals surface area contributed by atoms with Crippen molar-refractivity contribution in [1.29, 1.82) is 0 Å². The summed E-state index contributed by atoms with van der Waals surface area (Å²) >= 11 is 0. The van der Waals surface area contributed by atoms with Crippen molar-refractivity contribution in [2.75, 3.05) is 0 Å². The maximum Gasteiger partial charge on any atom is 0.333 e. The molecule has 21 heavy (non-hydrogen) atoms. The fraction of sp³-hybridized carbons (Fsp3) is 0.533. The van der Waals surface area contributed by atoms with Gasteiger partial charge in [0.25, 0.3) is 11.8 Å². The third-order valence-corrected chi connectivity index (χ3v) is 3.23. The third kappa shape index (κ3) is 5.81. The zero-order valence-corrected chi connectivity index (χ0v) is 12.5. The minimum Gasteiger partial charge on any atom is -0.405 e. The molecule has 0 radical (unpaired) electrons. The van der Waals surface area contributed by atoms with E-state index in [2.05, 4.69) is 0 Å². The third-order valence-electron chi connectivity index (χ3n) is 3.23. The lowest BCUT2D eigenvalue weighted by molar-refractivity contribution is -0.197. The van der Waals surface area contributed by atoms with E-state index in [-0.39, 0.29) is 24.7 Å². The Morgan fingerprint density at radius 2 is 1.90 bits per heavy atom. The maximum absolute atomic E-state index is 11.7. The summed E-state index contributed by atoms with van der Waals surface area (Å²) in [6.07, 6.45) is 8.76. The van der Waals surface area contributed by atoms with Gasteiger partial charge in [0.05, 0.1) is 0 Å². The first-order valence-electron chi connectivity index (χ1n) is 6.96. The molecule has 1 rings (SSSR count). The molecule has 0 aliphatic carbocycles. The van der Waals surface area contributed by atoms with E-state index in [1.807, 2.05) is 26.0 Å². The summed E-state index contributed by atoms with van der Waals surface area (Å²) < 4.78 is 0. The van der Waals surface area contributed by atoms with Gasteiger partial charge in [-0.05, 0) is 30.5 Å². The van der Waals surface area contributed by atoms with Crippen LogP contribution in [-0.2, 0) is 19.2 Å². The predicted octanol–water partition coefficient (Wildman–Crippen LogP) is 1.82. The number of hydroxylamine groups is 2. The van der Waals surface area contributed by atoms with Gasteiger partial charge in [0.15, 0.2) is 0 Å². The van der Waals surface area contributed by atoms with Crippen molar-refractivity contribution < 1.29 is 19.2 Å². The summed E-state index contributed by atoms with van der Waals surface area (Å²) in [6.45, 7) is 4.06. The van der Waals surface area contributed by atoms with E-state index in [0.29, 0.717) is 11.5 Å². The second-order valence-electron chi connectivity index (χ2n) is 5.73. The van der Waals surface area contributed by atoms with E-state index in [0.717, 1.165) is 6.42 Å². The van der Waals surface area contributed by atoms with Crippen LogP contribution in [0.2, 0.25) is 0 Å². The molecule has 1 aliphatic heterocycles. The molecule has 2 N–H and O–H groups in total. The van der Waals surface area contributed by atoms with Gasteiger partial charge in [-0.3, -0.25) is 9.59 Å². The smallest absolute Gasteiger partial charge is 0.333 e. The van der Waals surface area contributed by atoms with Crippen LogP contribution < -0.4 is 5.73 Å². The maximum atomic E-state index is 11.7. The standard InChI is InChI=1S/C15H22N2O4/c1-15(2,9-4-3-5-11-16)10-8-14(20)21-17-12(18)6-7-13(17)19/h3-5,11H,6-10,16H2,1-2H3/b4-3-,11-5-. The summed E-state index contributed by atoms with van der Waals surface area (Å²) in [6, 6.07) is 0. The van der Waals surface area contributed by atoms with Crippen LogP contribution in [-0.4, -0.2) is 22.8 Å². The highest BCUT2D eigenvalue weighted by molar-refractivity contribution is 6.01. The van der Waals surface area contributed by atoms with Gasteiger partial charge in [-0.1, -0.05) is 26.0 Å². The number of amides is 2. The molecule has 0 aromatic carbocycles. The van der Waals surface area contributed by atoms with E-state index in [1.54, 1.807) is 6.08 Å². The van der Waals surface area contributed by atoms with Crippen LogP contribution >= 0.6 is 0 Å². The van der Waals surface area contributed by atoms with Crippen molar-refractivity contribution in [1.82, 2.24) is 5.06 Å². The molecule has 0 spiro atoms. The van der Waals surface area contributed by atoms with Crippen LogP contribution in [0.4, 0.5) is 0 Å². The predicted molar refractivity (Wildman–Crippen MR) is 77.3 cm³/mol. The first-order valence-corrected chi connectivity index (χ1v) is 6.96. The highest BCUT2D eigenvalue weighted by Gasteiger charge is 2.33. The molecule has 2 amide bonds. The Labute approximate surface area is 124 Å². The van der Waals surface area contributed by atoms with E-state index in [4.69, 9.17) is 10.6 Å². The first kappa shape index (κ1) is 16.9. The zero-order chi connectivity index (χ0) is 15.9. The Kier molecular flexibility index (Phi) is 6.14. The topological polar surface area (TPSA) is 89.7 Å². The van der Waals surface area contributed by atoms with E-state index < -0.39 is 17.8 Å². The molecule has 6 nitrogen and oxygen atoms in total. The number of carbonyl (C=O) groups is 3. The van der Waals surface area contributed by atoms with Crippen molar-refractivity contribution in [2.45, 2.75) is 46.0 Å². The number of nitrogens with zero attached hydrogens (tertiary/aromatic N) is 1. The average Bonchev–Trinajstić information content (AvgIpc) is 2.73. The van der Waals surface area contributed by atoms with E-state index in [9.17, 15) is 14.4 Å². The number of nitrogens with two attached hydrogens (primary N) is 1. The molecule has 116 valence electrons. The lowest BCUT2D eigenvalue weighted by Gasteiger charge is -2.22. The molecular formula is C15H22N2O4. The summed E-state index contributed by atoms with van der Waals surface area (Å²) in [4.78, 5) is 39.2. The first-order chi connectivity index (χ1) is 9.85. The number of hydrogen-bond donors (Lipinski definition) is 1. The highest BCUT2D eigenvalue weighted by Crippen LogP contribution is 2.27. The van der Waals surface area contributed by atoms with Crippen LogP contribution in [0, 0.1) is 5.41 Å². The Balaban J connectivity index is 2.37. The molecule has 0 unspecified atom stereocenters. The lowest BCUT2D eigenvalue weighted by atomic mass is 9.84. The fourth-order valence-electron chi connectivity index (χ4n) is 1.88. The molecule has 1 saturated heterocycles. The van der Waals surface area contributed by atoms with Crippen molar-refractivity contribution in [2.24, 2.45) is 11.1 Å². The quantitative estimate of drug-likeness (QED) is 0.571. The van der Waals surface area contributed by atoms with Crippen LogP contribution in [0.25, 0.3) is 0 Å². The fourth-order valence-corrected chi connectivity index (χ4v) is 1.88. The molecule has 0 saturated carbocycles. The van der Waals surface area contributed by atoms with Gasteiger partial charge in [-0.15, -0.1) is 5.06 Å². The SMILES string of the molecule is CC(C)(C/C=C\C=C/N)CCC(=O)ON1C(=O)CCC1=O. The Bertz CT molecular complexity index is 450. The highest BCUT2D eigenvalue weighted by atomic mass is 16.7. The average molecular weight is 294 g/mol. The van der Waals surface area contributed by atoms with Crippen LogP contribution in [0.15, 0.2) is 24.4 Å². The molecule has 1 fully saturated rings. The van der Waals surface area contributed by atoms with Crippen LogP contribution in [0.3, 0.4) is 0 Å². The van der Waals surface area contributed by atoms with Gasteiger partial charge in [0.2, 0.25) is 0 Å². The number of imide groups is 1. The van der Waals surface area contributed by atoms with Crippen LogP contribution in [0.5, 0.6) is 0 Å².